The van der Waals surface area contributed by atoms with Gasteiger partial charge in [-0.2, -0.15) is 0 Å². The molecule has 1 fully saturated rings. The Kier molecular flexibility index (Phi) is 3.36. The van der Waals surface area contributed by atoms with Gasteiger partial charge >= 0.3 is 0 Å². The highest BCUT2D eigenvalue weighted by molar-refractivity contribution is 7.89. The monoisotopic (exact) mass is 329 g/mol. The van der Waals surface area contributed by atoms with Gasteiger partial charge in [0.05, 0.1) is 10.6 Å². The maximum Gasteiger partial charge on any atom is 0.230 e. The van der Waals surface area contributed by atoms with Crippen LogP contribution >= 0.6 is 22.7 Å². The Labute approximate surface area is 123 Å². The van der Waals surface area contributed by atoms with Crippen LogP contribution in [0, 0.1) is 0 Å². The SMILES string of the molecule is NS(=O)(=O)C1CC(=O)N(c2nc(-c3cccs3)cs2)C1. The number of thiazole rings is 1. The molecule has 0 radical (unpaired) electrons. The molecule has 0 aliphatic carbocycles. The zero-order valence-corrected chi connectivity index (χ0v) is 12.7. The number of rotatable bonds is 3. The second kappa shape index (κ2) is 4.92. The molecule has 2 N–H and O–H groups in total. The van der Waals surface area contributed by atoms with Crippen LogP contribution in [-0.2, 0) is 14.8 Å². The minimum Gasteiger partial charge on any atom is -0.287 e. The lowest BCUT2D eigenvalue weighted by atomic mass is 10.4. The van der Waals surface area contributed by atoms with Crippen molar-refractivity contribution in [1.82, 2.24) is 4.98 Å². The molecule has 1 saturated heterocycles. The van der Waals surface area contributed by atoms with Crippen LogP contribution in [0.5, 0.6) is 0 Å². The number of nitrogens with two attached hydrogens (primary N) is 1. The molecule has 0 saturated carbocycles. The maximum absolute atomic E-state index is 11.9. The number of carbonyl (C=O) groups is 1. The van der Waals surface area contributed by atoms with Crippen LogP contribution in [0.2, 0.25) is 0 Å². The molecule has 20 heavy (non-hydrogen) atoms. The third-order valence-corrected chi connectivity index (χ3v) is 6.05. The summed E-state index contributed by atoms with van der Waals surface area (Å²) < 4.78 is 22.7. The molecule has 1 unspecified atom stereocenters. The first-order chi connectivity index (χ1) is 9.45. The Bertz CT molecular complexity index is 736. The number of carbonyl (C=O) groups excluding carboxylic acids is 1. The number of hydrogen-bond donors (Lipinski definition) is 1. The third kappa shape index (κ3) is 2.49. The molecule has 1 atom stereocenters. The zero-order chi connectivity index (χ0) is 14.3. The Balaban J connectivity index is 1.86. The summed E-state index contributed by atoms with van der Waals surface area (Å²) in [5.74, 6) is -0.254. The molecule has 106 valence electrons. The number of hydrogen-bond acceptors (Lipinski definition) is 6. The first kappa shape index (κ1) is 13.7. The van der Waals surface area contributed by atoms with Gasteiger partial charge in [0.2, 0.25) is 15.9 Å². The average molecular weight is 329 g/mol. The van der Waals surface area contributed by atoms with E-state index in [0.717, 1.165) is 10.6 Å². The van der Waals surface area contributed by atoms with Crippen molar-refractivity contribution in [1.29, 1.82) is 0 Å². The Morgan fingerprint density at radius 3 is 2.80 bits per heavy atom. The number of nitrogens with zero attached hydrogens (tertiary/aromatic N) is 2. The molecule has 3 heterocycles. The summed E-state index contributed by atoms with van der Waals surface area (Å²) in [6, 6.07) is 3.87. The quantitative estimate of drug-likeness (QED) is 0.917. The first-order valence-electron chi connectivity index (χ1n) is 5.76. The van der Waals surface area contributed by atoms with E-state index >= 15 is 0 Å². The minimum atomic E-state index is -3.70. The fourth-order valence-electron chi connectivity index (χ4n) is 2.01. The zero-order valence-electron chi connectivity index (χ0n) is 10.2. The Hall–Kier alpha value is -1.29. The maximum atomic E-state index is 11.9. The van der Waals surface area contributed by atoms with Crippen LogP contribution in [0.3, 0.4) is 0 Å². The van der Waals surface area contributed by atoms with Crippen molar-refractivity contribution in [3.8, 4) is 10.6 Å². The van der Waals surface area contributed by atoms with Crippen LogP contribution in [-0.4, -0.2) is 31.1 Å². The minimum absolute atomic E-state index is 0.0766. The molecule has 0 spiro atoms. The summed E-state index contributed by atoms with van der Waals surface area (Å²) >= 11 is 2.89. The fraction of sp³-hybridized carbons (Fsp3) is 0.273. The summed E-state index contributed by atoms with van der Waals surface area (Å²) in [6.07, 6.45) is -0.0766. The Morgan fingerprint density at radius 2 is 2.20 bits per heavy atom. The summed E-state index contributed by atoms with van der Waals surface area (Å²) in [6.45, 7) is 0.0784. The second-order valence-corrected chi connectivity index (χ2v) is 8.04. The number of primary sulfonamides is 1. The van der Waals surface area contributed by atoms with E-state index in [-0.39, 0.29) is 18.9 Å². The third-order valence-electron chi connectivity index (χ3n) is 3.05. The highest BCUT2D eigenvalue weighted by Crippen LogP contribution is 2.32. The van der Waals surface area contributed by atoms with Gasteiger partial charge in [-0.25, -0.2) is 18.5 Å². The molecular weight excluding hydrogens is 318 g/mol. The molecular formula is C11H11N3O3S3. The van der Waals surface area contributed by atoms with Crippen LogP contribution in [0.15, 0.2) is 22.9 Å². The van der Waals surface area contributed by atoms with Crippen LogP contribution in [0.1, 0.15) is 6.42 Å². The number of anilines is 1. The molecule has 9 heteroatoms. The van der Waals surface area contributed by atoms with Gasteiger partial charge in [-0.1, -0.05) is 6.07 Å². The lowest BCUT2D eigenvalue weighted by Crippen LogP contribution is -2.32. The van der Waals surface area contributed by atoms with Crippen LogP contribution < -0.4 is 10.0 Å². The molecule has 0 aromatic carbocycles. The predicted octanol–water partition coefficient (Wildman–Crippen LogP) is 1.27. The van der Waals surface area contributed by atoms with Crippen LogP contribution in [0.25, 0.3) is 10.6 Å². The van der Waals surface area contributed by atoms with Crippen LogP contribution in [0.4, 0.5) is 5.13 Å². The van der Waals surface area contributed by atoms with Gasteiger partial charge in [0, 0.05) is 18.3 Å². The molecule has 2 aromatic rings. The number of aromatic nitrogens is 1. The van der Waals surface area contributed by atoms with Crippen molar-refractivity contribution in [2.45, 2.75) is 11.7 Å². The average Bonchev–Trinajstić information content (AvgIpc) is 3.06. The summed E-state index contributed by atoms with van der Waals surface area (Å²) in [4.78, 5) is 18.7. The smallest absolute Gasteiger partial charge is 0.230 e. The van der Waals surface area contributed by atoms with Crippen molar-refractivity contribution >= 4 is 43.7 Å². The van der Waals surface area contributed by atoms with Gasteiger partial charge in [0.25, 0.3) is 0 Å². The second-order valence-electron chi connectivity index (χ2n) is 4.41. The lowest BCUT2D eigenvalue weighted by molar-refractivity contribution is -0.117. The molecule has 0 bridgehead atoms. The van der Waals surface area contributed by atoms with Gasteiger partial charge in [0.1, 0.15) is 5.25 Å². The van der Waals surface area contributed by atoms with E-state index in [1.807, 2.05) is 22.9 Å². The number of sulfonamides is 1. The summed E-state index contributed by atoms with van der Waals surface area (Å²) in [7, 11) is -3.70. The van der Waals surface area contributed by atoms with Gasteiger partial charge in [-0.15, -0.1) is 22.7 Å². The van der Waals surface area contributed by atoms with Crippen molar-refractivity contribution in [2.24, 2.45) is 5.14 Å². The van der Waals surface area contributed by atoms with Gasteiger partial charge in [-0.05, 0) is 11.4 Å². The molecule has 6 nitrogen and oxygen atoms in total. The lowest BCUT2D eigenvalue weighted by Gasteiger charge is -2.11. The van der Waals surface area contributed by atoms with E-state index in [1.165, 1.54) is 16.2 Å². The van der Waals surface area contributed by atoms with E-state index in [1.54, 1.807) is 11.3 Å². The molecule has 3 rings (SSSR count). The standard InChI is InChI=1S/C11H11N3O3S3/c12-20(16,17)7-4-10(15)14(5-7)11-13-8(6-19-11)9-2-1-3-18-9/h1-3,6-7H,4-5H2,(H2,12,16,17). The normalized spacial score (nSPS) is 19.8. The molecule has 1 aliphatic rings. The largest absolute Gasteiger partial charge is 0.287 e. The number of thiophene rings is 1. The van der Waals surface area contributed by atoms with Gasteiger partial charge in [0.15, 0.2) is 5.13 Å². The highest BCUT2D eigenvalue weighted by Gasteiger charge is 2.38. The first-order valence-corrected chi connectivity index (χ1v) is 9.13. The molecule has 1 aliphatic heterocycles. The Morgan fingerprint density at radius 1 is 1.40 bits per heavy atom. The van der Waals surface area contributed by atoms with E-state index in [0.29, 0.717) is 5.13 Å². The van der Waals surface area contributed by atoms with E-state index < -0.39 is 15.3 Å². The van der Waals surface area contributed by atoms with Gasteiger partial charge < -0.3 is 0 Å². The highest BCUT2D eigenvalue weighted by atomic mass is 32.2. The molecule has 2 aromatic heterocycles. The van der Waals surface area contributed by atoms with Crippen molar-refractivity contribution < 1.29 is 13.2 Å². The fourth-order valence-corrected chi connectivity index (χ4v) is 4.35. The van der Waals surface area contributed by atoms with Crippen molar-refractivity contribution in [3.63, 3.8) is 0 Å². The van der Waals surface area contributed by atoms with Crippen molar-refractivity contribution in [3.05, 3.63) is 22.9 Å². The number of amides is 1. The van der Waals surface area contributed by atoms with E-state index in [9.17, 15) is 13.2 Å². The summed E-state index contributed by atoms with van der Waals surface area (Å²) in [5.41, 5.74) is 0.798. The van der Waals surface area contributed by atoms with Crippen molar-refractivity contribution in [2.75, 3.05) is 11.4 Å². The molecule has 1 amide bonds. The predicted molar refractivity (Wildman–Crippen MR) is 79.3 cm³/mol. The topological polar surface area (TPSA) is 93.4 Å². The van der Waals surface area contributed by atoms with Gasteiger partial charge in [-0.3, -0.25) is 9.69 Å². The van der Waals surface area contributed by atoms with E-state index in [2.05, 4.69) is 4.98 Å². The summed E-state index contributed by atoms with van der Waals surface area (Å²) in [5, 5.41) is 8.59. The van der Waals surface area contributed by atoms with E-state index in [4.69, 9.17) is 5.14 Å².